The molecular formula is C21H26ClN5O3. The number of hydrogen-bond donors (Lipinski definition) is 2. The molecule has 1 aliphatic heterocycles. The molecule has 1 aliphatic rings. The van der Waals surface area contributed by atoms with E-state index in [1.165, 1.54) is 11.1 Å². The highest BCUT2D eigenvalue weighted by molar-refractivity contribution is 6.30. The molecule has 0 saturated carbocycles. The third-order valence-electron chi connectivity index (χ3n) is 5.17. The highest BCUT2D eigenvalue weighted by Crippen LogP contribution is 2.24. The van der Waals surface area contributed by atoms with Gasteiger partial charge in [-0.1, -0.05) is 31.5 Å². The van der Waals surface area contributed by atoms with Gasteiger partial charge < -0.3 is 15.5 Å². The molecule has 3 amide bonds. The van der Waals surface area contributed by atoms with Gasteiger partial charge in [0.15, 0.2) is 0 Å². The zero-order valence-corrected chi connectivity index (χ0v) is 18.1. The molecule has 0 bridgehead atoms. The van der Waals surface area contributed by atoms with E-state index >= 15 is 0 Å². The standard InChI is InChI=1S/C21H26ClN5O3/c1-13(2)19-16(11-25-27(19)15-7-4-6-14(22)10-15)20(29)24-12-18(28)26-9-5-8-17(26)21(30)23-3/h4,6-7,10-11,13,17H,5,8-9,12H2,1-3H3,(H,23,30)(H,24,29). The lowest BCUT2D eigenvalue weighted by atomic mass is 10.0. The number of amides is 3. The van der Waals surface area contributed by atoms with Crippen LogP contribution in [0.2, 0.25) is 5.02 Å². The molecular weight excluding hydrogens is 406 g/mol. The summed E-state index contributed by atoms with van der Waals surface area (Å²) in [6, 6.07) is 6.75. The summed E-state index contributed by atoms with van der Waals surface area (Å²) in [5, 5.41) is 10.2. The van der Waals surface area contributed by atoms with Crippen molar-refractivity contribution in [3.05, 3.63) is 46.7 Å². The molecule has 2 heterocycles. The fraction of sp³-hybridized carbons (Fsp3) is 0.429. The monoisotopic (exact) mass is 431 g/mol. The Labute approximate surface area is 180 Å². The van der Waals surface area contributed by atoms with Gasteiger partial charge >= 0.3 is 0 Å². The number of benzene rings is 1. The van der Waals surface area contributed by atoms with Crippen molar-refractivity contribution in [3.63, 3.8) is 0 Å². The Balaban J connectivity index is 1.74. The highest BCUT2D eigenvalue weighted by atomic mass is 35.5. The Morgan fingerprint density at radius 2 is 2.07 bits per heavy atom. The SMILES string of the molecule is CNC(=O)C1CCCN1C(=O)CNC(=O)c1cnn(-c2cccc(Cl)c2)c1C(C)C. The summed E-state index contributed by atoms with van der Waals surface area (Å²) in [5.41, 5.74) is 1.89. The van der Waals surface area contributed by atoms with Crippen LogP contribution in [0.4, 0.5) is 0 Å². The maximum absolute atomic E-state index is 12.8. The van der Waals surface area contributed by atoms with E-state index < -0.39 is 6.04 Å². The molecule has 0 spiro atoms. The van der Waals surface area contributed by atoms with Crippen LogP contribution >= 0.6 is 11.6 Å². The van der Waals surface area contributed by atoms with Crippen molar-refractivity contribution in [3.8, 4) is 5.69 Å². The Morgan fingerprint density at radius 1 is 1.30 bits per heavy atom. The molecule has 8 nitrogen and oxygen atoms in total. The lowest BCUT2D eigenvalue weighted by molar-refractivity contribution is -0.137. The van der Waals surface area contributed by atoms with Crippen LogP contribution in [-0.2, 0) is 9.59 Å². The number of likely N-dealkylation sites (N-methyl/N-ethyl adjacent to an activating group) is 1. The maximum atomic E-state index is 12.8. The van der Waals surface area contributed by atoms with Gasteiger partial charge in [0.2, 0.25) is 11.8 Å². The second kappa shape index (κ2) is 9.30. The van der Waals surface area contributed by atoms with Gasteiger partial charge in [-0.15, -0.1) is 0 Å². The zero-order valence-electron chi connectivity index (χ0n) is 17.3. The Hall–Kier alpha value is -2.87. The summed E-state index contributed by atoms with van der Waals surface area (Å²) in [7, 11) is 1.55. The molecule has 1 unspecified atom stereocenters. The summed E-state index contributed by atoms with van der Waals surface area (Å²) < 4.78 is 1.69. The number of halogens is 1. The average molecular weight is 432 g/mol. The van der Waals surface area contributed by atoms with Crippen LogP contribution in [0.25, 0.3) is 5.69 Å². The molecule has 30 heavy (non-hydrogen) atoms. The number of carbonyl (C=O) groups excluding carboxylic acids is 3. The molecule has 2 N–H and O–H groups in total. The number of hydrogen-bond acceptors (Lipinski definition) is 4. The number of rotatable bonds is 6. The number of nitrogens with zero attached hydrogens (tertiary/aromatic N) is 3. The molecule has 1 saturated heterocycles. The van der Waals surface area contributed by atoms with Crippen LogP contribution < -0.4 is 10.6 Å². The second-order valence-electron chi connectivity index (χ2n) is 7.53. The third kappa shape index (κ3) is 4.48. The van der Waals surface area contributed by atoms with Crippen molar-refractivity contribution in [2.45, 2.75) is 38.6 Å². The minimum absolute atomic E-state index is 0.0131. The highest BCUT2D eigenvalue weighted by Gasteiger charge is 2.33. The first-order valence-corrected chi connectivity index (χ1v) is 10.3. The van der Waals surface area contributed by atoms with Gasteiger partial charge in [0.25, 0.3) is 5.91 Å². The van der Waals surface area contributed by atoms with Gasteiger partial charge in [-0.05, 0) is 37.0 Å². The first kappa shape index (κ1) is 21.8. The number of aromatic nitrogens is 2. The first-order chi connectivity index (χ1) is 14.3. The summed E-state index contributed by atoms with van der Waals surface area (Å²) in [5.74, 6) is -0.824. The predicted octanol–water partition coefficient (Wildman–Crippen LogP) is 2.12. The smallest absolute Gasteiger partial charge is 0.255 e. The van der Waals surface area contributed by atoms with E-state index in [1.807, 2.05) is 26.0 Å². The van der Waals surface area contributed by atoms with Gasteiger partial charge in [0.1, 0.15) is 6.04 Å². The van der Waals surface area contributed by atoms with E-state index in [9.17, 15) is 14.4 Å². The molecule has 160 valence electrons. The Bertz CT molecular complexity index is 956. The lowest BCUT2D eigenvalue weighted by Gasteiger charge is -2.23. The minimum atomic E-state index is -0.476. The van der Waals surface area contributed by atoms with E-state index in [0.29, 0.717) is 23.6 Å². The van der Waals surface area contributed by atoms with E-state index in [4.69, 9.17) is 11.6 Å². The number of carbonyl (C=O) groups is 3. The molecule has 1 atom stereocenters. The van der Waals surface area contributed by atoms with Crippen molar-refractivity contribution < 1.29 is 14.4 Å². The van der Waals surface area contributed by atoms with Crippen LogP contribution in [0.3, 0.4) is 0 Å². The van der Waals surface area contributed by atoms with Crippen LogP contribution in [-0.4, -0.2) is 58.6 Å². The van der Waals surface area contributed by atoms with Gasteiger partial charge in [-0.2, -0.15) is 5.10 Å². The molecule has 0 radical (unpaired) electrons. The largest absolute Gasteiger partial charge is 0.357 e. The fourth-order valence-corrected chi connectivity index (χ4v) is 3.94. The Morgan fingerprint density at radius 3 is 2.73 bits per heavy atom. The number of nitrogens with one attached hydrogen (secondary N) is 2. The molecule has 3 rings (SSSR count). The van der Waals surface area contributed by atoms with Crippen molar-refractivity contribution in [2.75, 3.05) is 20.1 Å². The van der Waals surface area contributed by atoms with E-state index in [2.05, 4.69) is 15.7 Å². The molecule has 1 aromatic heterocycles. The van der Waals surface area contributed by atoms with Crippen molar-refractivity contribution >= 4 is 29.3 Å². The minimum Gasteiger partial charge on any atom is -0.357 e. The lowest BCUT2D eigenvalue weighted by Crippen LogP contribution is -2.48. The zero-order chi connectivity index (χ0) is 21.8. The Kier molecular flexibility index (Phi) is 6.77. The maximum Gasteiger partial charge on any atom is 0.255 e. The summed E-state index contributed by atoms with van der Waals surface area (Å²) in [6.07, 6.45) is 2.89. The van der Waals surface area contributed by atoms with Gasteiger partial charge in [-0.25, -0.2) is 4.68 Å². The molecule has 2 aromatic rings. The van der Waals surface area contributed by atoms with Crippen LogP contribution in [0.15, 0.2) is 30.5 Å². The summed E-state index contributed by atoms with van der Waals surface area (Å²) in [4.78, 5) is 38.9. The molecule has 1 fully saturated rings. The predicted molar refractivity (Wildman–Crippen MR) is 114 cm³/mol. The van der Waals surface area contributed by atoms with E-state index in [-0.39, 0.29) is 30.2 Å². The first-order valence-electron chi connectivity index (χ1n) is 9.96. The normalized spacial score (nSPS) is 16.0. The van der Waals surface area contributed by atoms with Crippen molar-refractivity contribution in [2.24, 2.45) is 0 Å². The number of likely N-dealkylation sites (tertiary alicyclic amines) is 1. The van der Waals surface area contributed by atoms with Crippen LogP contribution in [0, 0.1) is 0 Å². The summed E-state index contributed by atoms with van der Waals surface area (Å²) in [6.45, 7) is 4.28. The van der Waals surface area contributed by atoms with E-state index in [0.717, 1.165) is 17.8 Å². The van der Waals surface area contributed by atoms with Gasteiger partial charge in [0.05, 0.1) is 29.7 Å². The molecule has 9 heteroatoms. The van der Waals surface area contributed by atoms with Crippen LogP contribution in [0.5, 0.6) is 0 Å². The van der Waals surface area contributed by atoms with Crippen LogP contribution in [0.1, 0.15) is 48.7 Å². The quantitative estimate of drug-likeness (QED) is 0.732. The fourth-order valence-electron chi connectivity index (χ4n) is 3.76. The van der Waals surface area contributed by atoms with Crippen molar-refractivity contribution in [1.82, 2.24) is 25.3 Å². The second-order valence-corrected chi connectivity index (χ2v) is 7.97. The van der Waals surface area contributed by atoms with Crippen molar-refractivity contribution in [1.29, 1.82) is 0 Å². The summed E-state index contributed by atoms with van der Waals surface area (Å²) >= 11 is 6.10. The topological polar surface area (TPSA) is 96.3 Å². The van der Waals surface area contributed by atoms with Gasteiger partial charge in [0, 0.05) is 18.6 Å². The third-order valence-corrected chi connectivity index (χ3v) is 5.41. The van der Waals surface area contributed by atoms with Gasteiger partial charge in [-0.3, -0.25) is 14.4 Å². The van der Waals surface area contributed by atoms with E-state index in [1.54, 1.807) is 23.9 Å². The molecule has 1 aromatic carbocycles. The average Bonchev–Trinajstić information content (AvgIpc) is 3.38. The molecule has 0 aliphatic carbocycles.